The number of allylic oxidation sites excluding steroid dienone is 1. The van der Waals surface area contributed by atoms with Crippen LogP contribution in [-0.2, 0) is 25.5 Å². The minimum Gasteiger partial charge on any atom is -0.465 e. The molecule has 0 radical (unpaired) electrons. The Kier molecular flexibility index (Phi) is 12.3. The molecule has 2 aromatic rings. The van der Waals surface area contributed by atoms with E-state index in [0.29, 0.717) is 36.5 Å². The van der Waals surface area contributed by atoms with Gasteiger partial charge in [-0.25, -0.2) is 4.79 Å². The highest BCUT2D eigenvalue weighted by Crippen LogP contribution is 2.41. The Hall–Kier alpha value is -3.68. The first-order valence-electron chi connectivity index (χ1n) is 17.3. The molecule has 256 valence electrons. The van der Waals surface area contributed by atoms with Gasteiger partial charge in [-0.2, -0.15) is 0 Å². The van der Waals surface area contributed by atoms with Crippen LogP contribution in [0.1, 0.15) is 103 Å². The average molecular weight is 649 g/mol. The van der Waals surface area contributed by atoms with Crippen molar-refractivity contribution in [2.24, 2.45) is 40.9 Å². The normalized spacial score (nSPS) is 24.9. The SMILES string of the molecule is C=CCC(Cc1cc(=O)c(OC(=O)c2ccccc2)co1)(C(=O)O[C@@H]1C[C@H](C)CC[C@H]1C(C)C)C(=O)O[C@@H]1C[C@H](C)CC[C@H]1C(C)C. The fraction of sp³-hybridized carbons (Fsp3) is 0.590. The monoisotopic (exact) mass is 648 g/mol. The van der Waals surface area contributed by atoms with Crippen LogP contribution in [0.5, 0.6) is 5.75 Å². The Morgan fingerprint density at radius 3 is 1.89 bits per heavy atom. The first kappa shape index (κ1) is 36.2. The second-order valence-electron chi connectivity index (χ2n) is 14.6. The van der Waals surface area contributed by atoms with Gasteiger partial charge in [0, 0.05) is 12.5 Å². The molecule has 2 aliphatic rings. The largest absolute Gasteiger partial charge is 0.465 e. The van der Waals surface area contributed by atoms with Crippen LogP contribution in [-0.4, -0.2) is 30.1 Å². The molecule has 0 aliphatic heterocycles. The van der Waals surface area contributed by atoms with Gasteiger partial charge in [-0.15, -0.1) is 6.58 Å². The summed E-state index contributed by atoms with van der Waals surface area (Å²) in [5.74, 6) is -0.662. The van der Waals surface area contributed by atoms with Gasteiger partial charge in [0.1, 0.15) is 24.2 Å². The van der Waals surface area contributed by atoms with Gasteiger partial charge in [0.25, 0.3) is 0 Å². The van der Waals surface area contributed by atoms with E-state index >= 15 is 0 Å². The van der Waals surface area contributed by atoms with E-state index in [9.17, 15) is 19.2 Å². The molecular formula is C39H52O8. The third-order valence-corrected chi connectivity index (χ3v) is 10.3. The van der Waals surface area contributed by atoms with Gasteiger partial charge in [-0.1, -0.05) is 78.7 Å². The summed E-state index contributed by atoms with van der Waals surface area (Å²) in [6, 6.07) is 9.45. The first-order chi connectivity index (χ1) is 22.3. The third kappa shape index (κ3) is 8.82. The molecule has 0 N–H and O–H groups in total. The average Bonchev–Trinajstić information content (AvgIpc) is 3.02. The molecule has 0 saturated heterocycles. The van der Waals surface area contributed by atoms with Gasteiger partial charge in [0.2, 0.25) is 11.2 Å². The predicted octanol–water partition coefficient (Wildman–Crippen LogP) is 7.97. The van der Waals surface area contributed by atoms with Crippen LogP contribution in [0.2, 0.25) is 0 Å². The molecule has 2 fully saturated rings. The van der Waals surface area contributed by atoms with Crippen LogP contribution in [0.4, 0.5) is 0 Å². The summed E-state index contributed by atoms with van der Waals surface area (Å²) in [5.41, 5.74) is -2.17. The Morgan fingerprint density at radius 2 is 1.43 bits per heavy atom. The van der Waals surface area contributed by atoms with E-state index in [1.165, 1.54) is 6.08 Å². The zero-order chi connectivity index (χ0) is 34.3. The predicted molar refractivity (Wildman–Crippen MR) is 180 cm³/mol. The van der Waals surface area contributed by atoms with Gasteiger partial charge < -0.3 is 18.6 Å². The van der Waals surface area contributed by atoms with E-state index < -0.39 is 28.8 Å². The molecular weight excluding hydrogens is 596 g/mol. The molecule has 0 spiro atoms. The lowest BCUT2D eigenvalue weighted by molar-refractivity contribution is -0.186. The number of rotatable bonds is 12. The van der Waals surface area contributed by atoms with Crippen molar-refractivity contribution in [1.29, 1.82) is 0 Å². The summed E-state index contributed by atoms with van der Waals surface area (Å²) in [7, 11) is 0. The van der Waals surface area contributed by atoms with Crippen molar-refractivity contribution in [2.75, 3.05) is 0 Å². The highest BCUT2D eigenvalue weighted by atomic mass is 16.6. The molecule has 2 aliphatic carbocycles. The highest BCUT2D eigenvalue weighted by molar-refractivity contribution is 6.00. The Labute approximate surface area is 279 Å². The van der Waals surface area contributed by atoms with Crippen LogP contribution in [0.25, 0.3) is 0 Å². The third-order valence-electron chi connectivity index (χ3n) is 10.3. The molecule has 1 aromatic heterocycles. The van der Waals surface area contributed by atoms with Crippen molar-refractivity contribution in [3.05, 3.63) is 76.9 Å². The van der Waals surface area contributed by atoms with Gasteiger partial charge in [-0.05, 0) is 79.7 Å². The number of hydrogen-bond donors (Lipinski definition) is 0. The van der Waals surface area contributed by atoms with E-state index in [-0.39, 0.29) is 54.0 Å². The van der Waals surface area contributed by atoms with Crippen molar-refractivity contribution in [3.8, 4) is 5.75 Å². The summed E-state index contributed by atoms with van der Waals surface area (Å²) in [4.78, 5) is 54.6. The first-order valence-corrected chi connectivity index (χ1v) is 17.3. The zero-order valence-electron chi connectivity index (χ0n) is 28.9. The van der Waals surface area contributed by atoms with E-state index in [1.807, 2.05) is 0 Å². The lowest BCUT2D eigenvalue weighted by Crippen LogP contribution is -2.49. The van der Waals surface area contributed by atoms with Gasteiger partial charge >= 0.3 is 17.9 Å². The Bertz CT molecular complexity index is 1390. The standard InChI is InChI=1S/C39H52O8/c1-8-18-39(37(42)46-33-19-26(6)14-16-30(33)24(2)3,38(43)47-34-20-27(7)15-17-31(34)25(4)5)22-29-21-32(40)35(23-44-29)45-36(41)28-12-10-9-11-13-28/h8-13,21,23-27,30-31,33-34H,1,14-20,22H2,2-7H3/t26-,27-,30+,31+,33-,34-/m1/s1. The summed E-state index contributed by atoms with van der Waals surface area (Å²) in [6.07, 6.45) is 6.91. The maximum atomic E-state index is 14.5. The number of ether oxygens (including phenoxy) is 3. The number of carbonyl (C=O) groups is 3. The Morgan fingerprint density at radius 1 is 0.894 bits per heavy atom. The quantitative estimate of drug-likeness (QED) is 0.130. The van der Waals surface area contributed by atoms with E-state index in [0.717, 1.165) is 38.0 Å². The van der Waals surface area contributed by atoms with Crippen molar-refractivity contribution < 1.29 is 33.0 Å². The molecule has 6 atom stereocenters. The highest BCUT2D eigenvalue weighted by Gasteiger charge is 2.52. The van der Waals surface area contributed by atoms with E-state index in [4.69, 9.17) is 18.6 Å². The molecule has 1 heterocycles. The van der Waals surface area contributed by atoms with Crippen molar-refractivity contribution in [2.45, 2.75) is 105 Å². The summed E-state index contributed by atoms with van der Waals surface area (Å²) < 4.78 is 23.7. The van der Waals surface area contributed by atoms with Crippen LogP contribution >= 0.6 is 0 Å². The molecule has 0 bridgehead atoms. The van der Waals surface area contributed by atoms with Crippen molar-refractivity contribution in [3.63, 3.8) is 0 Å². The topological polar surface area (TPSA) is 109 Å². The van der Waals surface area contributed by atoms with Crippen LogP contribution in [0.15, 0.2) is 64.5 Å². The van der Waals surface area contributed by atoms with Crippen LogP contribution < -0.4 is 10.2 Å². The lowest BCUT2D eigenvalue weighted by atomic mass is 9.74. The second kappa shape index (κ2) is 15.9. The molecule has 1 aromatic carbocycles. The maximum absolute atomic E-state index is 14.5. The molecule has 4 rings (SSSR count). The number of carbonyl (C=O) groups excluding carboxylic acids is 3. The molecule has 0 unspecified atom stereocenters. The number of esters is 3. The van der Waals surface area contributed by atoms with E-state index in [1.54, 1.807) is 30.3 Å². The van der Waals surface area contributed by atoms with Crippen LogP contribution in [0.3, 0.4) is 0 Å². The second-order valence-corrected chi connectivity index (χ2v) is 14.6. The lowest BCUT2D eigenvalue weighted by Gasteiger charge is -2.40. The fourth-order valence-corrected chi connectivity index (χ4v) is 7.35. The van der Waals surface area contributed by atoms with Gasteiger partial charge in [0.15, 0.2) is 5.41 Å². The Balaban J connectivity index is 1.68. The number of benzene rings is 1. The fourth-order valence-electron chi connectivity index (χ4n) is 7.35. The maximum Gasteiger partial charge on any atom is 0.343 e. The van der Waals surface area contributed by atoms with Crippen molar-refractivity contribution in [1.82, 2.24) is 0 Å². The molecule has 0 amide bonds. The summed E-state index contributed by atoms with van der Waals surface area (Å²) in [5, 5.41) is 0. The van der Waals surface area contributed by atoms with Crippen LogP contribution in [0, 0.1) is 40.9 Å². The summed E-state index contributed by atoms with van der Waals surface area (Å²) >= 11 is 0. The minimum atomic E-state index is -1.83. The molecule has 47 heavy (non-hydrogen) atoms. The number of hydrogen-bond acceptors (Lipinski definition) is 8. The smallest absolute Gasteiger partial charge is 0.343 e. The van der Waals surface area contributed by atoms with Crippen molar-refractivity contribution >= 4 is 17.9 Å². The molecule has 8 nitrogen and oxygen atoms in total. The van der Waals surface area contributed by atoms with Gasteiger partial charge in [-0.3, -0.25) is 14.4 Å². The summed E-state index contributed by atoms with van der Waals surface area (Å²) in [6.45, 7) is 16.7. The van der Waals surface area contributed by atoms with E-state index in [2.05, 4.69) is 48.1 Å². The van der Waals surface area contributed by atoms with Gasteiger partial charge in [0.05, 0.1) is 5.56 Å². The zero-order valence-corrected chi connectivity index (χ0v) is 28.9. The molecule has 8 heteroatoms. The molecule has 2 saturated carbocycles. The minimum absolute atomic E-state index is 0.0671.